The van der Waals surface area contributed by atoms with Crippen LogP contribution in [0.1, 0.15) is 26.3 Å². The number of ether oxygens (including phenoxy) is 2. The lowest BCUT2D eigenvalue weighted by Gasteiger charge is -2.22. The molecule has 0 aliphatic carbocycles. The maximum Gasteiger partial charge on any atom is 0.337 e. The molecule has 0 heterocycles. The Hall–Kier alpha value is -1.88. The van der Waals surface area contributed by atoms with Crippen LogP contribution in [0.15, 0.2) is 24.3 Å². The Morgan fingerprint density at radius 1 is 1.30 bits per heavy atom. The number of nitrogens with one attached hydrogen (secondary N) is 1. The lowest BCUT2D eigenvalue weighted by atomic mass is 10.1. The molecular formula is C15H21NO4. The van der Waals surface area contributed by atoms with Gasteiger partial charge in [-0.05, 0) is 45.4 Å². The van der Waals surface area contributed by atoms with Gasteiger partial charge in [-0.25, -0.2) is 4.79 Å². The molecule has 5 heteroatoms. The molecule has 0 fully saturated rings. The summed E-state index contributed by atoms with van der Waals surface area (Å²) in [5.41, 5.74) is 0.614. The lowest BCUT2D eigenvalue weighted by Crippen LogP contribution is -2.39. The molecule has 0 radical (unpaired) electrons. The van der Waals surface area contributed by atoms with Crippen molar-refractivity contribution in [2.45, 2.75) is 33.3 Å². The maximum absolute atomic E-state index is 11.8. The summed E-state index contributed by atoms with van der Waals surface area (Å²) in [5, 5.41) is 2.71. The Kier molecular flexibility index (Phi) is 5.70. The van der Waals surface area contributed by atoms with Crippen molar-refractivity contribution in [1.29, 1.82) is 0 Å². The minimum atomic E-state index is -1.14. The number of esters is 1. The highest BCUT2D eigenvalue weighted by atomic mass is 16.6. The van der Waals surface area contributed by atoms with E-state index in [-0.39, 0.29) is 19.1 Å². The molecule has 1 N–H and O–H groups in total. The molecule has 0 aromatic heterocycles. The van der Waals surface area contributed by atoms with Crippen molar-refractivity contribution in [2.24, 2.45) is 0 Å². The second-order valence-electron chi connectivity index (χ2n) is 4.94. The van der Waals surface area contributed by atoms with Gasteiger partial charge in [-0.1, -0.05) is 12.1 Å². The summed E-state index contributed by atoms with van der Waals surface area (Å²) in [6.07, 6.45) is 0. The number of amides is 1. The van der Waals surface area contributed by atoms with Crippen LogP contribution in [0, 0.1) is 6.92 Å². The van der Waals surface area contributed by atoms with Gasteiger partial charge in [-0.2, -0.15) is 0 Å². The van der Waals surface area contributed by atoms with E-state index >= 15 is 0 Å². The van der Waals surface area contributed by atoms with E-state index in [2.05, 4.69) is 5.32 Å². The number of hydrogen-bond acceptors (Lipinski definition) is 4. The van der Waals surface area contributed by atoms with E-state index in [0.29, 0.717) is 5.69 Å². The molecule has 0 aliphatic rings. The molecule has 1 amide bonds. The first-order chi connectivity index (χ1) is 9.35. The van der Waals surface area contributed by atoms with Gasteiger partial charge in [0.2, 0.25) is 5.91 Å². The van der Waals surface area contributed by atoms with Crippen LogP contribution < -0.4 is 5.32 Å². The van der Waals surface area contributed by atoms with E-state index in [9.17, 15) is 9.59 Å². The smallest absolute Gasteiger partial charge is 0.337 e. The summed E-state index contributed by atoms with van der Waals surface area (Å²) in [4.78, 5) is 23.4. The monoisotopic (exact) mass is 279 g/mol. The fraction of sp³-hybridized carbons (Fsp3) is 0.467. The number of anilines is 1. The Bertz CT molecular complexity index is 483. The molecule has 0 atom stereocenters. The van der Waals surface area contributed by atoms with E-state index in [1.54, 1.807) is 26.8 Å². The fourth-order valence-corrected chi connectivity index (χ4v) is 1.53. The normalized spacial score (nSPS) is 11.0. The van der Waals surface area contributed by atoms with Crippen LogP contribution in [0.2, 0.25) is 0 Å². The van der Waals surface area contributed by atoms with Gasteiger partial charge in [-0.15, -0.1) is 0 Å². The summed E-state index contributed by atoms with van der Waals surface area (Å²) in [5.74, 6) is -0.795. The number of hydrogen-bond donors (Lipinski definition) is 1. The maximum atomic E-state index is 11.8. The summed E-state index contributed by atoms with van der Waals surface area (Å²) < 4.78 is 10.2. The van der Waals surface area contributed by atoms with Gasteiger partial charge in [0.25, 0.3) is 0 Å². The molecule has 1 aromatic rings. The van der Waals surface area contributed by atoms with E-state index in [4.69, 9.17) is 9.47 Å². The van der Waals surface area contributed by atoms with Crippen LogP contribution in [0.5, 0.6) is 0 Å². The minimum Gasteiger partial charge on any atom is -0.464 e. The minimum absolute atomic E-state index is 0.209. The van der Waals surface area contributed by atoms with Gasteiger partial charge in [0.1, 0.15) is 6.61 Å². The van der Waals surface area contributed by atoms with E-state index in [1.807, 2.05) is 25.1 Å². The number of rotatable bonds is 6. The van der Waals surface area contributed by atoms with Crippen LogP contribution in [0.3, 0.4) is 0 Å². The first-order valence-electron chi connectivity index (χ1n) is 6.53. The Labute approximate surface area is 119 Å². The largest absolute Gasteiger partial charge is 0.464 e. The van der Waals surface area contributed by atoms with Crippen molar-refractivity contribution in [1.82, 2.24) is 0 Å². The van der Waals surface area contributed by atoms with Crippen molar-refractivity contribution in [3.05, 3.63) is 29.8 Å². The third-order valence-electron chi connectivity index (χ3n) is 2.63. The molecule has 0 aliphatic heterocycles. The van der Waals surface area contributed by atoms with Gasteiger partial charge < -0.3 is 14.8 Å². The van der Waals surface area contributed by atoms with Crippen molar-refractivity contribution in [3.8, 4) is 0 Å². The first kappa shape index (κ1) is 16.2. The molecular weight excluding hydrogens is 258 g/mol. The second kappa shape index (κ2) is 7.05. The number of benzene rings is 1. The van der Waals surface area contributed by atoms with Gasteiger partial charge in [0, 0.05) is 5.69 Å². The third kappa shape index (κ3) is 5.01. The number of carbonyl (C=O) groups excluding carboxylic acids is 2. The quantitative estimate of drug-likeness (QED) is 0.811. The van der Waals surface area contributed by atoms with Crippen molar-refractivity contribution < 1.29 is 19.1 Å². The average molecular weight is 279 g/mol. The van der Waals surface area contributed by atoms with Crippen molar-refractivity contribution >= 4 is 17.6 Å². The van der Waals surface area contributed by atoms with Crippen LogP contribution in [0.25, 0.3) is 0 Å². The molecule has 0 bridgehead atoms. The molecule has 5 nitrogen and oxygen atoms in total. The fourth-order valence-electron chi connectivity index (χ4n) is 1.53. The standard InChI is InChI=1S/C15H21NO4/c1-5-19-14(18)15(3,4)20-10-13(17)16-12-8-6-7-11(2)9-12/h6-9H,5,10H2,1-4H3,(H,16,17). The van der Waals surface area contributed by atoms with Gasteiger partial charge in [0.05, 0.1) is 6.61 Å². The van der Waals surface area contributed by atoms with Crippen LogP contribution in [0.4, 0.5) is 5.69 Å². The molecule has 1 rings (SSSR count). The summed E-state index contributed by atoms with van der Waals surface area (Å²) >= 11 is 0. The van der Waals surface area contributed by atoms with Gasteiger partial charge >= 0.3 is 5.97 Å². The predicted octanol–water partition coefficient (Wildman–Crippen LogP) is 2.29. The summed E-state index contributed by atoms with van der Waals surface area (Å²) in [7, 11) is 0. The van der Waals surface area contributed by atoms with Crippen molar-refractivity contribution in [3.63, 3.8) is 0 Å². The van der Waals surface area contributed by atoms with Crippen LogP contribution in [-0.4, -0.2) is 30.7 Å². The van der Waals surface area contributed by atoms with Crippen LogP contribution >= 0.6 is 0 Å². The predicted molar refractivity (Wildman–Crippen MR) is 76.5 cm³/mol. The van der Waals surface area contributed by atoms with E-state index < -0.39 is 11.6 Å². The van der Waals surface area contributed by atoms with E-state index in [1.165, 1.54) is 0 Å². The highest BCUT2D eigenvalue weighted by Gasteiger charge is 2.30. The SMILES string of the molecule is CCOC(=O)C(C)(C)OCC(=O)Nc1cccc(C)c1. The second-order valence-corrected chi connectivity index (χ2v) is 4.94. The van der Waals surface area contributed by atoms with Crippen molar-refractivity contribution in [2.75, 3.05) is 18.5 Å². The summed E-state index contributed by atoms with van der Waals surface area (Å²) in [6, 6.07) is 7.44. The zero-order valence-corrected chi connectivity index (χ0v) is 12.4. The zero-order chi connectivity index (χ0) is 15.2. The molecule has 0 saturated carbocycles. The highest BCUT2D eigenvalue weighted by Crippen LogP contribution is 2.13. The highest BCUT2D eigenvalue weighted by molar-refractivity contribution is 5.92. The number of aryl methyl sites for hydroxylation is 1. The molecule has 0 unspecified atom stereocenters. The van der Waals surface area contributed by atoms with E-state index in [0.717, 1.165) is 5.56 Å². The molecule has 0 saturated heterocycles. The molecule has 20 heavy (non-hydrogen) atoms. The Balaban J connectivity index is 2.49. The molecule has 1 aromatic carbocycles. The number of carbonyl (C=O) groups is 2. The Morgan fingerprint density at radius 2 is 2.00 bits per heavy atom. The lowest BCUT2D eigenvalue weighted by molar-refractivity contribution is -0.168. The summed E-state index contributed by atoms with van der Waals surface area (Å²) in [6.45, 7) is 6.88. The molecule has 0 spiro atoms. The zero-order valence-electron chi connectivity index (χ0n) is 12.4. The molecule has 110 valence electrons. The third-order valence-corrected chi connectivity index (χ3v) is 2.63. The first-order valence-corrected chi connectivity index (χ1v) is 6.53. The van der Waals surface area contributed by atoms with Gasteiger partial charge in [-0.3, -0.25) is 4.79 Å². The van der Waals surface area contributed by atoms with Gasteiger partial charge in [0.15, 0.2) is 5.60 Å². The Morgan fingerprint density at radius 3 is 2.60 bits per heavy atom. The topological polar surface area (TPSA) is 64.6 Å². The average Bonchev–Trinajstić information content (AvgIpc) is 2.37. The van der Waals surface area contributed by atoms with Crippen LogP contribution in [-0.2, 0) is 19.1 Å².